The van der Waals surface area contributed by atoms with Gasteiger partial charge in [0.2, 0.25) is 18.0 Å². The van der Waals surface area contributed by atoms with Crippen LogP contribution in [0.25, 0.3) is 44.7 Å². The topological polar surface area (TPSA) is 202 Å². The van der Waals surface area contributed by atoms with Gasteiger partial charge in [0.25, 0.3) is 0 Å². The second-order valence-corrected chi connectivity index (χ2v) is 19.9. The lowest BCUT2D eigenvalue weighted by molar-refractivity contribution is -0.136. The Morgan fingerprint density at radius 3 is 1.91 bits per heavy atom. The number of carbonyl (C=O) groups excluding carboxylic acids is 4. The SMILES string of the molecule is COC(=O)NC(C(=O)N1CCC[C@H]1c1ncc(-c2ccc3c(c2)cc2n3[C@H](c3cnc(C4CC4)s3)Oc3cc(-c4cnc([C@@H]5CCCN5C(=O)[C@@H](NC(=O)OC)C(C)C)[nH]4)cc(F)c3-2)[nH]1)C(C)C. The average Bonchev–Trinajstić information content (AvgIpc) is 4.05. The molecule has 10 rings (SSSR count). The monoisotopic (exact) mass is 946 g/mol. The van der Waals surface area contributed by atoms with E-state index in [1.54, 1.807) is 33.5 Å². The molecule has 0 radical (unpaired) electrons. The number of amides is 4. The maximum Gasteiger partial charge on any atom is 0.407 e. The zero-order valence-electron chi connectivity index (χ0n) is 38.8. The van der Waals surface area contributed by atoms with Crippen LogP contribution in [0, 0.1) is 17.7 Å². The van der Waals surface area contributed by atoms with E-state index in [4.69, 9.17) is 29.2 Å². The second-order valence-electron chi connectivity index (χ2n) is 18.8. The van der Waals surface area contributed by atoms with Crippen LogP contribution in [-0.4, -0.2) is 103 Å². The van der Waals surface area contributed by atoms with Gasteiger partial charge in [-0.3, -0.25) is 14.2 Å². The highest BCUT2D eigenvalue weighted by molar-refractivity contribution is 7.11. The Morgan fingerprint density at radius 2 is 1.35 bits per heavy atom. The van der Waals surface area contributed by atoms with Gasteiger partial charge in [-0.25, -0.2) is 28.9 Å². The molecule has 4 amide bonds. The molecule has 2 aromatic carbocycles. The Kier molecular flexibility index (Phi) is 12.0. The highest BCUT2D eigenvalue weighted by atomic mass is 32.1. The number of nitrogens with one attached hydrogen (secondary N) is 4. The Morgan fingerprint density at radius 1 is 0.765 bits per heavy atom. The van der Waals surface area contributed by atoms with Gasteiger partial charge in [-0.05, 0) is 80.7 Å². The minimum atomic E-state index is -0.772. The Balaban J connectivity index is 0.963. The van der Waals surface area contributed by atoms with Gasteiger partial charge in [0.15, 0.2) is 0 Å². The summed E-state index contributed by atoms with van der Waals surface area (Å²) >= 11 is 1.62. The van der Waals surface area contributed by atoms with Crippen molar-refractivity contribution >= 4 is 46.2 Å². The fourth-order valence-corrected chi connectivity index (χ4v) is 11.0. The third-order valence-electron chi connectivity index (χ3n) is 13.6. The van der Waals surface area contributed by atoms with Crippen LogP contribution in [0.4, 0.5) is 14.0 Å². The molecule has 19 heteroatoms. The lowest BCUT2D eigenvalue weighted by Crippen LogP contribution is -2.51. The minimum absolute atomic E-state index is 0.153. The van der Waals surface area contributed by atoms with E-state index in [9.17, 15) is 19.2 Å². The fourth-order valence-electron chi connectivity index (χ4n) is 9.91. The number of hydrogen-bond donors (Lipinski definition) is 4. The first-order valence-corrected chi connectivity index (χ1v) is 24.1. The summed E-state index contributed by atoms with van der Waals surface area (Å²) < 4.78 is 35.4. The molecule has 356 valence electrons. The molecule has 4 aromatic heterocycles. The quantitative estimate of drug-likeness (QED) is 0.0921. The van der Waals surface area contributed by atoms with E-state index < -0.39 is 36.3 Å². The van der Waals surface area contributed by atoms with E-state index in [2.05, 4.69) is 20.6 Å². The fraction of sp³-hybridized carbons (Fsp3) is 0.449. The molecule has 1 saturated carbocycles. The number of hydrogen-bond acceptors (Lipinski definition) is 11. The number of alkyl carbamates (subject to hydrolysis) is 2. The molecule has 3 fully saturated rings. The van der Waals surface area contributed by atoms with Crippen LogP contribution < -0.4 is 15.4 Å². The summed E-state index contributed by atoms with van der Waals surface area (Å²) in [7, 11) is 2.55. The number of rotatable bonds is 12. The highest BCUT2D eigenvalue weighted by Gasteiger charge is 2.40. The Hall–Kier alpha value is -6.76. The average molecular weight is 947 g/mol. The summed E-state index contributed by atoms with van der Waals surface area (Å²) in [4.78, 5) is 77.4. The maximum atomic E-state index is 16.9. The molecule has 0 spiro atoms. The lowest BCUT2D eigenvalue weighted by Gasteiger charge is -2.30. The maximum absolute atomic E-state index is 16.9. The van der Waals surface area contributed by atoms with Crippen LogP contribution >= 0.6 is 11.3 Å². The first kappa shape index (κ1) is 45.0. The first-order valence-electron chi connectivity index (χ1n) is 23.3. The summed E-state index contributed by atoms with van der Waals surface area (Å²) in [6.07, 6.45) is 8.51. The molecule has 4 N–H and O–H groups in total. The third kappa shape index (κ3) is 8.23. The van der Waals surface area contributed by atoms with E-state index in [1.807, 2.05) is 68.8 Å². The number of ether oxygens (including phenoxy) is 3. The van der Waals surface area contributed by atoms with Crippen molar-refractivity contribution in [3.05, 3.63) is 82.3 Å². The standard InChI is InChI=1S/C49H55FN10O7S/c1-24(2)40(56-48(63)65-5)45(61)58-15-7-9-34(58)42-51-21-31(54-42)27-13-14-33-29(17-27)19-36-39-30(50)18-28(20-37(39)67-47(60(33)36)38-23-53-44(68-38)26-11-12-26)32-22-52-43(55-32)35-10-8-16-59(35)46(62)41(25(3)4)57-49(64)66-6/h13-14,17-26,34-35,40-41,47H,7-12,15-16H2,1-6H3,(H,51,54)(H,52,55)(H,56,63)(H,57,64)/t34-,35-,40?,41-,47-/m0/s1. The first-order chi connectivity index (χ1) is 32.8. The van der Waals surface area contributed by atoms with E-state index in [-0.39, 0.29) is 35.7 Å². The van der Waals surface area contributed by atoms with Gasteiger partial charge in [0, 0.05) is 41.7 Å². The molecule has 6 aromatic rings. The number of aromatic nitrogens is 6. The zero-order valence-corrected chi connectivity index (χ0v) is 39.6. The number of aromatic amines is 2. The molecule has 17 nitrogen and oxygen atoms in total. The highest BCUT2D eigenvalue weighted by Crippen LogP contribution is 2.50. The molecule has 3 aliphatic heterocycles. The van der Waals surface area contributed by atoms with E-state index in [0.717, 1.165) is 64.1 Å². The largest absolute Gasteiger partial charge is 0.464 e. The lowest BCUT2D eigenvalue weighted by atomic mass is 10.0. The van der Waals surface area contributed by atoms with Crippen molar-refractivity contribution in [2.24, 2.45) is 11.8 Å². The summed E-state index contributed by atoms with van der Waals surface area (Å²) in [5.74, 6) is 0.851. The van der Waals surface area contributed by atoms with Crippen LogP contribution in [-0.2, 0) is 19.1 Å². The van der Waals surface area contributed by atoms with Crippen molar-refractivity contribution in [1.29, 1.82) is 0 Å². The molecular weight excluding hydrogens is 892 g/mol. The van der Waals surface area contributed by atoms with Gasteiger partial charge in [-0.2, -0.15) is 0 Å². The smallest absolute Gasteiger partial charge is 0.407 e. The van der Waals surface area contributed by atoms with Gasteiger partial charge in [-0.1, -0.05) is 33.8 Å². The molecule has 7 heterocycles. The number of H-pyrrole nitrogens is 2. The van der Waals surface area contributed by atoms with Crippen molar-refractivity contribution in [2.45, 2.75) is 103 Å². The van der Waals surface area contributed by atoms with Crippen LogP contribution in [0.2, 0.25) is 0 Å². The van der Waals surface area contributed by atoms with Crippen molar-refractivity contribution in [3.63, 3.8) is 0 Å². The molecule has 2 saturated heterocycles. The van der Waals surface area contributed by atoms with Crippen molar-refractivity contribution in [3.8, 4) is 39.5 Å². The second kappa shape index (κ2) is 18.0. The molecular formula is C49H55FN10O7S. The number of fused-ring (bicyclic) bond motifs is 5. The van der Waals surface area contributed by atoms with Crippen LogP contribution in [0.1, 0.15) is 112 Å². The summed E-state index contributed by atoms with van der Waals surface area (Å²) in [6, 6.07) is 9.21. The number of benzene rings is 2. The normalized spacial score (nSPS) is 19.8. The number of carbonyl (C=O) groups is 4. The number of imidazole rings is 2. The van der Waals surface area contributed by atoms with Crippen molar-refractivity contribution in [2.75, 3.05) is 27.3 Å². The molecule has 1 aliphatic carbocycles. The van der Waals surface area contributed by atoms with Crippen molar-refractivity contribution < 1.29 is 37.8 Å². The van der Waals surface area contributed by atoms with Gasteiger partial charge in [0.05, 0.1) is 76.7 Å². The predicted molar refractivity (Wildman–Crippen MR) is 251 cm³/mol. The van der Waals surface area contributed by atoms with E-state index in [0.29, 0.717) is 65.3 Å². The number of likely N-dealkylation sites (tertiary alicyclic amines) is 2. The van der Waals surface area contributed by atoms with Crippen LogP contribution in [0.3, 0.4) is 0 Å². The molecule has 1 unspecified atom stereocenters. The van der Waals surface area contributed by atoms with Crippen LogP contribution in [0.15, 0.2) is 55.0 Å². The number of nitrogens with zero attached hydrogens (tertiary/aromatic N) is 6. The molecule has 68 heavy (non-hydrogen) atoms. The van der Waals surface area contributed by atoms with Gasteiger partial charge < -0.3 is 44.6 Å². The minimum Gasteiger partial charge on any atom is -0.464 e. The number of halogens is 1. The van der Waals surface area contributed by atoms with Gasteiger partial charge in [0.1, 0.15) is 35.3 Å². The number of methoxy groups -OCH3 is 2. The summed E-state index contributed by atoms with van der Waals surface area (Å²) in [5, 5.41) is 7.33. The van der Waals surface area contributed by atoms with Crippen LogP contribution in [0.5, 0.6) is 5.75 Å². The van der Waals surface area contributed by atoms with Gasteiger partial charge in [-0.15, -0.1) is 11.3 Å². The number of thiazole rings is 1. The van der Waals surface area contributed by atoms with E-state index in [1.165, 1.54) is 20.3 Å². The summed E-state index contributed by atoms with van der Waals surface area (Å²) in [5.41, 5.74) is 4.57. The molecule has 4 aliphatic rings. The molecule has 5 atom stereocenters. The van der Waals surface area contributed by atoms with Gasteiger partial charge >= 0.3 is 12.2 Å². The predicted octanol–water partition coefficient (Wildman–Crippen LogP) is 8.59. The Labute approximate surface area is 396 Å². The van der Waals surface area contributed by atoms with E-state index >= 15 is 4.39 Å². The Bertz CT molecular complexity index is 2920. The third-order valence-corrected chi connectivity index (χ3v) is 14.8. The van der Waals surface area contributed by atoms with Crippen molar-refractivity contribution in [1.82, 2.24) is 49.9 Å². The zero-order chi connectivity index (χ0) is 47.5. The summed E-state index contributed by atoms with van der Waals surface area (Å²) in [6.45, 7) is 8.56. The molecule has 0 bridgehead atoms.